The van der Waals surface area contributed by atoms with E-state index >= 15 is 0 Å². The number of esters is 6. The first kappa shape index (κ1) is 43.1. The van der Waals surface area contributed by atoms with E-state index in [1.807, 2.05) is 0 Å². The van der Waals surface area contributed by atoms with Crippen molar-refractivity contribution in [3.05, 3.63) is 35.5 Å². The van der Waals surface area contributed by atoms with Crippen LogP contribution >= 0.6 is 0 Å². The molecule has 18 nitrogen and oxygen atoms in total. The predicted octanol–water partition coefficient (Wildman–Crippen LogP) is 3.67. The van der Waals surface area contributed by atoms with Crippen molar-refractivity contribution in [2.45, 2.75) is 148 Å². The maximum absolute atomic E-state index is 15.0. The monoisotopic (exact) mass is 858 g/mol. The van der Waals surface area contributed by atoms with Crippen molar-refractivity contribution in [3.8, 4) is 0 Å². The zero-order valence-corrected chi connectivity index (χ0v) is 36.3. The summed E-state index contributed by atoms with van der Waals surface area (Å²) in [5.74, 6) is -12.4. The highest BCUT2D eigenvalue weighted by Crippen LogP contribution is 2.90. The summed E-state index contributed by atoms with van der Waals surface area (Å²) in [4.78, 5) is 83.8. The Kier molecular flexibility index (Phi) is 9.21. The number of allylic oxidation sites excluding steroid dienone is 1. The number of aliphatic hydroxyl groups is 2. The van der Waals surface area contributed by atoms with Gasteiger partial charge in [-0.15, -0.1) is 0 Å². The van der Waals surface area contributed by atoms with Gasteiger partial charge in [0.1, 0.15) is 23.6 Å². The molecule has 0 amide bonds. The third-order valence-electron chi connectivity index (χ3n) is 15.3. The van der Waals surface area contributed by atoms with Crippen LogP contribution in [0, 0.1) is 39.9 Å². The first-order chi connectivity index (χ1) is 28.3. The summed E-state index contributed by atoms with van der Waals surface area (Å²) in [5.41, 5.74) is -15.1. The van der Waals surface area contributed by atoms with E-state index in [4.69, 9.17) is 47.0 Å². The molecule has 1 aromatic heterocycles. The van der Waals surface area contributed by atoms with E-state index in [9.17, 15) is 39.0 Å². The van der Waals surface area contributed by atoms with E-state index in [-0.39, 0.29) is 12.0 Å². The fourth-order valence-corrected chi connectivity index (χ4v) is 13.7. The topological polar surface area (TPSA) is 239 Å². The van der Waals surface area contributed by atoms with Crippen molar-refractivity contribution < 1.29 is 86.0 Å². The minimum absolute atomic E-state index is 0.185. The Hall–Kier alpha value is -4.52. The van der Waals surface area contributed by atoms with E-state index < -0.39 is 152 Å². The fourth-order valence-electron chi connectivity index (χ4n) is 13.7. The number of cyclic esters (lactones) is 1. The molecular weight excluding hydrogens is 804 g/mol. The minimum Gasteiger partial charge on any atom is -0.511 e. The molecule has 4 heterocycles. The first-order valence-corrected chi connectivity index (χ1v) is 20.5. The van der Waals surface area contributed by atoms with Gasteiger partial charge in [0.15, 0.2) is 35.1 Å². The second-order valence-electron chi connectivity index (χ2n) is 19.2. The van der Waals surface area contributed by atoms with Crippen LogP contribution in [0.4, 0.5) is 0 Å². The van der Waals surface area contributed by atoms with Crippen LogP contribution in [0.25, 0.3) is 0 Å². The number of methoxy groups -OCH3 is 1. The van der Waals surface area contributed by atoms with Crippen LogP contribution in [0.5, 0.6) is 0 Å². The van der Waals surface area contributed by atoms with Crippen molar-refractivity contribution >= 4 is 35.8 Å². The van der Waals surface area contributed by atoms with E-state index in [2.05, 4.69) is 0 Å². The van der Waals surface area contributed by atoms with Crippen LogP contribution in [0.1, 0.15) is 101 Å². The number of carbonyl (C=O) groups is 6. The summed E-state index contributed by atoms with van der Waals surface area (Å²) in [5, 5.41) is 26.6. The molecule has 61 heavy (non-hydrogen) atoms. The third kappa shape index (κ3) is 4.77. The van der Waals surface area contributed by atoms with Crippen molar-refractivity contribution in [1.29, 1.82) is 0 Å². The van der Waals surface area contributed by atoms with E-state index in [0.29, 0.717) is 0 Å². The quantitative estimate of drug-likeness (QED) is 0.156. The second-order valence-corrected chi connectivity index (χ2v) is 19.2. The van der Waals surface area contributed by atoms with Gasteiger partial charge in [0.25, 0.3) is 5.97 Å². The van der Waals surface area contributed by atoms with Gasteiger partial charge in [-0.3, -0.25) is 24.0 Å². The number of aliphatic hydroxyl groups excluding tert-OH is 1. The average Bonchev–Trinajstić information content (AvgIpc) is 3.86. The number of rotatable bonds is 9. The van der Waals surface area contributed by atoms with Crippen LogP contribution in [0.15, 0.2) is 34.3 Å². The summed E-state index contributed by atoms with van der Waals surface area (Å²) >= 11 is 0. The lowest BCUT2D eigenvalue weighted by atomic mass is 9.32. The van der Waals surface area contributed by atoms with Gasteiger partial charge in [-0.25, -0.2) is 4.79 Å². The molecular formula is C43H54O18. The maximum Gasteiger partial charge on any atom is 0.338 e. The molecule has 1 unspecified atom stereocenters. The highest BCUT2D eigenvalue weighted by molar-refractivity contribution is 5.92. The molecule has 4 saturated carbocycles. The average molecular weight is 859 g/mol. The Morgan fingerprint density at radius 3 is 2.02 bits per heavy atom. The van der Waals surface area contributed by atoms with Gasteiger partial charge in [0.05, 0.1) is 36.5 Å². The van der Waals surface area contributed by atoms with E-state index in [1.54, 1.807) is 48.5 Å². The van der Waals surface area contributed by atoms with Crippen molar-refractivity contribution in [3.63, 3.8) is 0 Å². The molecule has 4 bridgehead atoms. The smallest absolute Gasteiger partial charge is 0.338 e. The molecule has 7 fully saturated rings. The van der Waals surface area contributed by atoms with Gasteiger partial charge in [-0.05, 0) is 18.4 Å². The highest BCUT2D eigenvalue weighted by atomic mass is 16.9. The lowest BCUT2D eigenvalue weighted by Gasteiger charge is -2.78. The fraction of sp³-hybridized carbons (Fsp3) is 0.721. The van der Waals surface area contributed by atoms with Gasteiger partial charge in [0.2, 0.25) is 0 Å². The molecule has 2 spiro atoms. The largest absolute Gasteiger partial charge is 0.511 e. The summed E-state index contributed by atoms with van der Waals surface area (Å²) < 4.78 is 64.1. The van der Waals surface area contributed by atoms with Crippen LogP contribution in [0.3, 0.4) is 0 Å². The normalized spacial score (nSPS) is 46.7. The molecule has 18 heteroatoms. The predicted molar refractivity (Wildman–Crippen MR) is 201 cm³/mol. The summed E-state index contributed by atoms with van der Waals surface area (Å²) in [6.45, 7) is 16.1. The number of hydrogen-bond donors (Lipinski definition) is 2. The number of hydrogen-bond acceptors (Lipinski definition) is 18. The highest BCUT2D eigenvalue weighted by Gasteiger charge is 3.07. The van der Waals surface area contributed by atoms with Crippen molar-refractivity contribution in [2.24, 2.45) is 39.9 Å². The Morgan fingerprint density at radius 1 is 0.852 bits per heavy atom. The zero-order valence-electron chi connectivity index (χ0n) is 36.3. The van der Waals surface area contributed by atoms with Crippen LogP contribution < -0.4 is 0 Å². The molecule has 3 saturated heterocycles. The molecule has 7 aliphatic rings. The van der Waals surface area contributed by atoms with Gasteiger partial charge in [0, 0.05) is 62.3 Å². The molecule has 0 radical (unpaired) electrons. The minimum atomic E-state index is -2.63. The van der Waals surface area contributed by atoms with Crippen LogP contribution in [-0.2, 0) is 71.4 Å². The molecule has 2 N–H and O–H groups in total. The number of carbonyl (C=O) groups excluding carboxylic acids is 6. The van der Waals surface area contributed by atoms with E-state index in [0.717, 1.165) is 20.8 Å². The summed E-state index contributed by atoms with van der Waals surface area (Å²) in [6, 6.07) is 1.51. The molecule has 15 atom stereocenters. The van der Waals surface area contributed by atoms with Gasteiger partial charge in [-0.2, -0.15) is 0 Å². The molecule has 3 aliphatic heterocycles. The molecule has 1 aromatic rings. The Bertz CT molecular complexity index is 2150. The molecule has 4 aliphatic carbocycles. The lowest BCUT2D eigenvalue weighted by molar-refractivity contribution is -0.490. The summed E-state index contributed by atoms with van der Waals surface area (Å²) in [6.07, 6.45) is -6.67. The Balaban J connectivity index is 1.62. The number of ether oxygens (including phenoxy) is 9. The summed E-state index contributed by atoms with van der Waals surface area (Å²) in [7, 11) is 1.19. The van der Waals surface area contributed by atoms with E-state index in [1.165, 1.54) is 32.6 Å². The van der Waals surface area contributed by atoms with Crippen molar-refractivity contribution in [2.75, 3.05) is 7.11 Å². The number of fused-ring (bicyclic) bond motifs is 3. The SMILES string of the molecule is COC(=O)C[C@H]1[C@@]2(C)C[C@]34O[C@@]5(C)O[C@]6([C@H](OC(C)=O)[C@@H](OC(C)=O)[C@@]7(C)C(C(=C(O)C(C)C)C(=O)O[C@@H]7c7ccoc7)[C@@]6(O5)[C@@H](OC(C)=O)[C@]3(O)[C@H]2OC(=O)C(C)C)[C@@]14C. The van der Waals surface area contributed by atoms with Crippen LogP contribution in [-0.4, -0.2) is 106 Å². The molecule has 0 aromatic carbocycles. The second kappa shape index (κ2) is 13.0. The van der Waals surface area contributed by atoms with Crippen molar-refractivity contribution in [1.82, 2.24) is 0 Å². The maximum atomic E-state index is 15.0. The van der Waals surface area contributed by atoms with Gasteiger partial charge < -0.3 is 57.3 Å². The lowest BCUT2D eigenvalue weighted by Crippen LogP contribution is -2.97. The molecule has 8 rings (SSSR count). The van der Waals surface area contributed by atoms with Gasteiger partial charge in [-0.1, -0.05) is 48.5 Å². The first-order valence-electron chi connectivity index (χ1n) is 20.5. The zero-order chi connectivity index (χ0) is 45.0. The van der Waals surface area contributed by atoms with Gasteiger partial charge >= 0.3 is 35.8 Å². The Labute approximate surface area is 351 Å². The standard InChI is InChI=1S/C43H54O18/c1-18(2)27(48)26-28-37(9,29(57-33(26)50)23-13-14-53-16-23)30(54-20(5)44)31(55-21(6)45)43-38(10)24(15-25(47)52-12)36(8)17-40(38)41(51,34(36)58-32(49)19(3)4)35(56-22(7)46)42(28,43)60-39(11,59-40)61-43/h13-14,16,18-19,24,28-31,34-35,48,51H,15,17H2,1-12H3/t24-,28?,29+,30+,31+,34-,35-,36+,37-,38-,39+,40+,41+,42+,43+/m0/s1. The Morgan fingerprint density at radius 2 is 1.48 bits per heavy atom. The van der Waals surface area contributed by atoms with Crippen LogP contribution in [0.2, 0.25) is 0 Å². The third-order valence-corrected chi connectivity index (χ3v) is 15.3. The molecule has 334 valence electrons. The number of furan rings is 1.